The van der Waals surface area contributed by atoms with Crippen molar-refractivity contribution in [2.45, 2.75) is 13.0 Å². The summed E-state index contributed by atoms with van der Waals surface area (Å²) in [7, 11) is 1.64. The Morgan fingerprint density at radius 2 is 2.32 bits per heavy atom. The summed E-state index contributed by atoms with van der Waals surface area (Å²) in [4.78, 5) is 15.9. The molecule has 0 aliphatic carbocycles. The van der Waals surface area contributed by atoms with Gasteiger partial charge in [0.1, 0.15) is 0 Å². The van der Waals surface area contributed by atoms with E-state index in [4.69, 9.17) is 4.74 Å². The lowest BCUT2D eigenvalue weighted by Gasteiger charge is -2.16. The molecule has 6 nitrogen and oxygen atoms in total. The van der Waals surface area contributed by atoms with Gasteiger partial charge in [0.25, 0.3) is 0 Å². The van der Waals surface area contributed by atoms with Crippen molar-refractivity contribution in [3.8, 4) is 5.69 Å². The van der Waals surface area contributed by atoms with Crippen LogP contribution in [0, 0.1) is 0 Å². The van der Waals surface area contributed by atoms with E-state index in [0.29, 0.717) is 13.2 Å². The first kappa shape index (κ1) is 16.2. The number of hydrogen-bond donors (Lipinski definition) is 2. The van der Waals surface area contributed by atoms with Crippen LogP contribution in [0.3, 0.4) is 0 Å². The number of aromatic nitrogens is 2. The molecule has 0 radical (unpaired) electrons. The van der Waals surface area contributed by atoms with Crippen molar-refractivity contribution < 1.29 is 9.53 Å². The Bertz CT molecular complexity index is 584. The van der Waals surface area contributed by atoms with E-state index >= 15 is 0 Å². The third-order valence-electron chi connectivity index (χ3n) is 3.32. The zero-order valence-corrected chi connectivity index (χ0v) is 13.0. The lowest BCUT2D eigenvalue weighted by atomic mass is 10.1. The van der Waals surface area contributed by atoms with Crippen LogP contribution in [0.4, 0.5) is 0 Å². The first-order valence-electron chi connectivity index (χ1n) is 7.28. The van der Waals surface area contributed by atoms with E-state index in [-0.39, 0.29) is 18.5 Å². The summed E-state index contributed by atoms with van der Waals surface area (Å²) in [5.41, 5.74) is 2.07. The number of ether oxygens (including phenoxy) is 1. The number of carbonyl (C=O) groups is 1. The summed E-state index contributed by atoms with van der Waals surface area (Å²) in [6, 6.07) is 7.98. The van der Waals surface area contributed by atoms with Gasteiger partial charge >= 0.3 is 0 Å². The Kier molecular flexibility index (Phi) is 6.12. The van der Waals surface area contributed by atoms with Crippen molar-refractivity contribution in [3.05, 3.63) is 48.5 Å². The number of rotatable bonds is 8. The molecule has 1 amide bonds. The Hall–Kier alpha value is -2.18. The molecule has 6 heteroatoms. The number of methoxy groups -OCH3 is 1. The van der Waals surface area contributed by atoms with Crippen molar-refractivity contribution in [2.75, 3.05) is 26.8 Å². The lowest BCUT2D eigenvalue weighted by molar-refractivity contribution is -0.120. The minimum absolute atomic E-state index is 0.0309. The zero-order chi connectivity index (χ0) is 15.8. The fourth-order valence-corrected chi connectivity index (χ4v) is 2.12. The molecule has 2 N–H and O–H groups in total. The van der Waals surface area contributed by atoms with E-state index in [1.807, 2.05) is 42.0 Å². The molecule has 0 aliphatic heterocycles. The summed E-state index contributed by atoms with van der Waals surface area (Å²) >= 11 is 0. The van der Waals surface area contributed by atoms with Gasteiger partial charge in [-0.3, -0.25) is 4.79 Å². The van der Waals surface area contributed by atoms with Gasteiger partial charge in [-0.25, -0.2) is 4.98 Å². The Morgan fingerprint density at radius 3 is 3.05 bits per heavy atom. The van der Waals surface area contributed by atoms with Crippen molar-refractivity contribution in [1.82, 2.24) is 20.2 Å². The van der Waals surface area contributed by atoms with Crippen LogP contribution in [0.2, 0.25) is 0 Å². The third kappa shape index (κ3) is 4.68. The summed E-state index contributed by atoms with van der Waals surface area (Å²) < 4.78 is 6.86. The molecule has 1 aromatic carbocycles. The zero-order valence-electron chi connectivity index (χ0n) is 13.0. The fraction of sp³-hybridized carbons (Fsp3) is 0.375. The number of amides is 1. The van der Waals surface area contributed by atoms with Crippen molar-refractivity contribution >= 4 is 5.91 Å². The summed E-state index contributed by atoms with van der Waals surface area (Å²) in [6.45, 7) is 3.51. The van der Waals surface area contributed by atoms with Crippen LogP contribution in [0.1, 0.15) is 18.5 Å². The van der Waals surface area contributed by atoms with Crippen LogP contribution in [-0.2, 0) is 9.53 Å². The highest BCUT2D eigenvalue weighted by atomic mass is 16.5. The quantitative estimate of drug-likeness (QED) is 0.721. The molecule has 0 saturated heterocycles. The number of nitrogens with zero attached hydrogens (tertiary/aromatic N) is 2. The molecular weight excluding hydrogens is 280 g/mol. The lowest BCUT2D eigenvalue weighted by Crippen LogP contribution is -2.36. The van der Waals surface area contributed by atoms with Gasteiger partial charge in [-0.1, -0.05) is 12.1 Å². The fourth-order valence-electron chi connectivity index (χ4n) is 2.12. The monoisotopic (exact) mass is 302 g/mol. The van der Waals surface area contributed by atoms with Crippen molar-refractivity contribution in [2.24, 2.45) is 0 Å². The van der Waals surface area contributed by atoms with Gasteiger partial charge < -0.3 is 19.9 Å². The number of benzene rings is 1. The summed E-state index contributed by atoms with van der Waals surface area (Å²) in [5, 5.41) is 6.01. The second-order valence-corrected chi connectivity index (χ2v) is 5.02. The highest BCUT2D eigenvalue weighted by molar-refractivity contribution is 5.78. The highest BCUT2D eigenvalue weighted by Crippen LogP contribution is 2.16. The van der Waals surface area contributed by atoms with Crippen LogP contribution in [0.5, 0.6) is 0 Å². The smallest absolute Gasteiger partial charge is 0.234 e. The minimum atomic E-state index is -0.0554. The predicted molar refractivity (Wildman–Crippen MR) is 84.9 cm³/mol. The van der Waals surface area contributed by atoms with Crippen LogP contribution < -0.4 is 10.6 Å². The van der Waals surface area contributed by atoms with Gasteiger partial charge in [-0.05, 0) is 24.6 Å². The van der Waals surface area contributed by atoms with Crippen molar-refractivity contribution in [1.29, 1.82) is 0 Å². The molecule has 0 aliphatic rings. The molecule has 2 aromatic rings. The molecule has 1 heterocycles. The van der Waals surface area contributed by atoms with E-state index in [9.17, 15) is 4.79 Å². The average molecular weight is 302 g/mol. The maximum Gasteiger partial charge on any atom is 0.234 e. The van der Waals surface area contributed by atoms with Crippen LogP contribution in [-0.4, -0.2) is 42.3 Å². The second-order valence-electron chi connectivity index (χ2n) is 5.02. The number of hydrogen-bond acceptors (Lipinski definition) is 4. The van der Waals surface area contributed by atoms with Gasteiger partial charge in [-0.15, -0.1) is 0 Å². The topological polar surface area (TPSA) is 68.2 Å². The van der Waals surface area contributed by atoms with Crippen molar-refractivity contribution in [3.63, 3.8) is 0 Å². The van der Waals surface area contributed by atoms with Gasteiger partial charge in [0.15, 0.2) is 0 Å². The first-order valence-corrected chi connectivity index (χ1v) is 7.28. The molecule has 22 heavy (non-hydrogen) atoms. The van der Waals surface area contributed by atoms with E-state index in [1.165, 1.54) is 0 Å². The van der Waals surface area contributed by atoms with Crippen LogP contribution >= 0.6 is 0 Å². The maximum absolute atomic E-state index is 11.9. The molecule has 0 fully saturated rings. The molecule has 0 bridgehead atoms. The standard InChI is InChI=1S/C16H22N4O2/c1-13(19-16(21)11-17-7-9-22-2)14-4-3-5-15(10-14)20-8-6-18-12-20/h3-6,8,10,12-13,17H,7,9,11H2,1-2H3,(H,19,21). The van der Waals surface area contributed by atoms with E-state index in [2.05, 4.69) is 15.6 Å². The normalized spacial score (nSPS) is 12.1. The van der Waals surface area contributed by atoms with Crippen LogP contribution in [0.15, 0.2) is 43.0 Å². The molecule has 118 valence electrons. The van der Waals surface area contributed by atoms with E-state index < -0.39 is 0 Å². The Labute approximate surface area is 130 Å². The van der Waals surface area contributed by atoms with Gasteiger partial charge in [-0.2, -0.15) is 0 Å². The molecular formula is C16H22N4O2. The number of nitrogens with one attached hydrogen (secondary N) is 2. The second kappa shape index (κ2) is 8.31. The first-order chi connectivity index (χ1) is 10.7. The highest BCUT2D eigenvalue weighted by Gasteiger charge is 2.10. The Morgan fingerprint density at radius 1 is 1.45 bits per heavy atom. The molecule has 0 saturated carbocycles. The molecule has 1 unspecified atom stereocenters. The van der Waals surface area contributed by atoms with E-state index in [1.54, 1.807) is 19.6 Å². The summed E-state index contributed by atoms with van der Waals surface area (Å²) in [6.07, 6.45) is 5.38. The molecule has 1 aromatic heterocycles. The number of carbonyl (C=O) groups excluding carboxylic acids is 1. The predicted octanol–water partition coefficient (Wildman–Crippen LogP) is 1.29. The van der Waals surface area contributed by atoms with Gasteiger partial charge in [0.2, 0.25) is 5.91 Å². The maximum atomic E-state index is 11.9. The SMILES string of the molecule is COCCNCC(=O)NC(C)c1cccc(-n2ccnc2)c1. The average Bonchev–Trinajstić information content (AvgIpc) is 3.06. The number of imidazole rings is 1. The van der Waals surface area contributed by atoms with Crippen LogP contribution in [0.25, 0.3) is 5.69 Å². The minimum Gasteiger partial charge on any atom is -0.383 e. The van der Waals surface area contributed by atoms with Gasteiger partial charge in [0.05, 0.1) is 25.5 Å². The largest absolute Gasteiger partial charge is 0.383 e. The molecule has 1 atom stereocenters. The summed E-state index contributed by atoms with van der Waals surface area (Å²) in [5.74, 6) is -0.0309. The Balaban J connectivity index is 1.91. The van der Waals surface area contributed by atoms with E-state index in [0.717, 1.165) is 11.3 Å². The molecule has 0 spiro atoms. The third-order valence-corrected chi connectivity index (χ3v) is 3.32. The molecule has 2 rings (SSSR count). The van der Waals surface area contributed by atoms with Gasteiger partial charge in [0, 0.05) is 31.7 Å².